The Bertz CT molecular complexity index is 560. The van der Waals surface area contributed by atoms with E-state index in [1.165, 1.54) is 4.90 Å². The lowest BCUT2D eigenvalue weighted by atomic mass is 10.1. The SMILES string of the molecule is CC(C)(O)CNC(=O)c1ccc(N2CCN(C(=O)O)CC2)cn1. The molecule has 0 aromatic carbocycles. The van der Waals surface area contributed by atoms with Crippen molar-refractivity contribution in [2.24, 2.45) is 0 Å². The maximum atomic E-state index is 11.9. The average molecular weight is 322 g/mol. The molecule has 1 aliphatic rings. The number of pyridine rings is 1. The zero-order chi connectivity index (χ0) is 17.0. The number of hydrogen-bond donors (Lipinski definition) is 3. The second-order valence-electron chi connectivity index (χ2n) is 6.15. The zero-order valence-electron chi connectivity index (χ0n) is 13.3. The lowest BCUT2D eigenvalue weighted by Crippen LogP contribution is -2.48. The summed E-state index contributed by atoms with van der Waals surface area (Å²) >= 11 is 0. The van der Waals surface area contributed by atoms with Gasteiger partial charge in [-0.2, -0.15) is 0 Å². The third kappa shape index (κ3) is 4.82. The van der Waals surface area contributed by atoms with Crippen LogP contribution in [0.4, 0.5) is 10.5 Å². The summed E-state index contributed by atoms with van der Waals surface area (Å²) in [5, 5.41) is 21.2. The fourth-order valence-corrected chi connectivity index (χ4v) is 2.25. The molecule has 0 saturated carbocycles. The van der Waals surface area contributed by atoms with Crippen LogP contribution in [0.2, 0.25) is 0 Å². The number of amides is 2. The van der Waals surface area contributed by atoms with Crippen molar-refractivity contribution in [3.8, 4) is 0 Å². The molecule has 0 spiro atoms. The number of carbonyl (C=O) groups excluding carboxylic acids is 1. The largest absolute Gasteiger partial charge is 0.465 e. The van der Waals surface area contributed by atoms with Crippen molar-refractivity contribution in [3.05, 3.63) is 24.0 Å². The summed E-state index contributed by atoms with van der Waals surface area (Å²) in [6, 6.07) is 3.42. The van der Waals surface area contributed by atoms with Crippen molar-refractivity contribution in [2.75, 3.05) is 37.6 Å². The van der Waals surface area contributed by atoms with Gasteiger partial charge in [0.15, 0.2) is 0 Å². The van der Waals surface area contributed by atoms with E-state index >= 15 is 0 Å². The predicted molar refractivity (Wildman–Crippen MR) is 84.7 cm³/mol. The number of hydrogen-bond acceptors (Lipinski definition) is 5. The minimum atomic E-state index is -0.973. The first-order valence-electron chi connectivity index (χ1n) is 7.46. The summed E-state index contributed by atoms with van der Waals surface area (Å²) in [7, 11) is 0. The standard InChI is InChI=1S/C15H22N4O4/c1-15(2,23)10-17-13(20)12-4-3-11(9-16-12)18-5-7-19(8-6-18)14(21)22/h3-4,9,23H,5-8,10H2,1-2H3,(H,17,20)(H,21,22). The molecule has 0 bridgehead atoms. The van der Waals surface area contributed by atoms with Gasteiger partial charge in [-0.25, -0.2) is 9.78 Å². The molecule has 2 amide bonds. The third-order valence-corrected chi connectivity index (χ3v) is 3.58. The molecule has 0 unspecified atom stereocenters. The molecule has 126 valence electrons. The Morgan fingerprint density at radius 2 is 1.91 bits per heavy atom. The lowest BCUT2D eigenvalue weighted by Gasteiger charge is -2.34. The van der Waals surface area contributed by atoms with Crippen LogP contribution in [0.5, 0.6) is 0 Å². The summed E-state index contributed by atoms with van der Waals surface area (Å²) in [6.07, 6.45) is 0.705. The molecule has 2 rings (SSSR count). The summed E-state index contributed by atoms with van der Waals surface area (Å²) in [4.78, 5) is 30.4. The number of carbonyl (C=O) groups is 2. The molecule has 0 atom stereocenters. The summed E-state index contributed by atoms with van der Waals surface area (Å²) in [5.74, 6) is -0.339. The molecule has 0 aliphatic carbocycles. The van der Waals surface area contributed by atoms with Crippen molar-refractivity contribution in [2.45, 2.75) is 19.4 Å². The van der Waals surface area contributed by atoms with Crippen LogP contribution in [-0.4, -0.2) is 70.4 Å². The van der Waals surface area contributed by atoms with Crippen LogP contribution >= 0.6 is 0 Å². The second kappa shape index (κ2) is 6.82. The Hall–Kier alpha value is -2.35. The minimum absolute atomic E-state index is 0.145. The van der Waals surface area contributed by atoms with E-state index < -0.39 is 11.7 Å². The van der Waals surface area contributed by atoms with E-state index in [2.05, 4.69) is 10.3 Å². The van der Waals surface area contributed by atoms with Crippen LogP contribution in [0.1, 0.15) is 24.3 Å². The van der Waals surface area contributed by atoms with Gasteiger partial charge in [-0.3, -0.25) is 4.79 Å². The van der Waals surface area contributed by atoms with E-state index in [9.17, 15) is 14.7 Å². The van der Waals surface area contributed by atoms with Gasteiger partial charge in [0, 0.05) is 32.7 Å². The van der Waals surface area contributed by atoms with Gasteiger partial charge in [-0.05, 0) is 26.0 Å². The van der Waals surface area contributed by atoms with Crippen LogP contribution in [0, 0.1) is 0 Å². The number of aliphatic hydroxyl groups is 1. The van der Waals surface area contributed by atoms with Crippen LogP contribution in [0.3, 0.4) is 0 Å². The lowest BCUT2D eigenvalue weighted by molar-refractivity contribution is 0.0692. The van der Waals surface area contributed by atoms with E-state index in [-0.39, 0.29) is 18.1 Å². The maximum absolute atomic E-state index is 11.9. The molecule has 1 fully saturated rings. The predicted octanol–water partition coefficient (Wildman–Crippen LogP) is 0.382. The quantitative estimate of drug-likeness (QED) is 0.740. The smallest absolute Gasteiger partial charge is 0.407 e. The number of carboxylic acid groups (broad SMARTS) is 1. The molecule has 1 saturated heterocycles. The Balaban J connectivity index is 1.92. The number of aromatic nitrogens is 1. The highest BCUT2D eigenvalue weighted by Gasteiger charge is 2.21. The first kappa shape index (κ1) is 17.0. The fourth-order valence-electron chi connectivity index (χ4n) is 2.25. The normalized spacial score (nSPS) is 15.4. The van der Waals surface area contributed by atoms with Gasteiger partial charge in [0.05, 0.1) is 17.5 Å². The highest BCUT2D eigenvalue weighted by molar-refractivity contribution is 5.92. The number of rotatable bonds is 4. The van der Waals surface area contributed by atoms with E-state index in [1.54, 1.807) is 32.2 Å². The highest BCUT2D eigenvalue weighted by atomic mass is 16.4. The van der Waals surface area contributed by atoms with Crippen LogP contribution in [0.15, 0.2) is 18.3 Å². The summed E-state index contributed by atoms with van der Waals surface area (Å²) in [5.41, 5.74) is 0.163. The molecule has 8 nitrogen and oxygen atoms in total. The third-order valence-electron chi connectivity index (χ3n) is 3.58. The van der Waals surface area contributed by atoms with Crippen LogP contribution < -0.4 is 10.2 Å². The van der Waals surface area contributed by atoms with Crippen molar-refractivity contribution in [1.29, 1.82) is 0 Å². The highest BCUT2D eigenvalue weighted by Crippen LogP contribution is 2.15. The first-order valence-corrected chi connectivity index (χ1v) is 7.46. The van der Waals surface area contributed by atoms with Gasteiger partial charge in [0.2, 0.25) is 0 Å². The van der Waals surface area contributed by atoms with Gasteiger partial charge in [-0.1, -0.05) is 0 Å². The molecule has 23 heavy (non-hydrogen) atoms. The minimum Gasteiger partial charge on any atom is -0.465 e. The molecule has 1 aliphatic heterocycles. The molecule has 3 N–H and O–H groups in total. The Labute approximate surface area is 134 Å². The monoisotopic (exact) mass is 322 g/mol. The summed E-state index contributed by atoms with van der Waals surface area (Å²) < 4.78 is 0. The van der Waals surface area contributed by atoms with Gasteiger partial charge in [-0.15, -0.1) is 0 Å². The number of piperazine rings is 1. The van der Waals surface area contributed by atoms with Gasteiger partial charge < -0.3 is 25.3 Å². The number of nitrogens with zero attached hydrogens (tertiary/aromatic N) is 3. The van der Waals surface area contributed by atoms with Crippen molar-refractivity contribution in [1.82, 2.24) is 15.2 Å². The van der Waals surface area contributed by atoms with Gasteiger partial charge >= 0.3 is 6.09 Å². The molecule has 0 radical (unpaired) electrons. The molecule has 8 heteroatoms. The summed E-state index contributed by atoms with van der Waals surface area (Å²) in [6.45, 7) is 5.45. The number of anilines is 1. The van der Waals surface area contributed by atoms with Crippen molar-refractivity contribution < 1.29 is 19.8 Å². The van der Waals surface area contributed by atoms with Crippen LogP contribution in [-0.2, 0) is 0 Å². The number of nitrogens with one attached hydrogen (secondary N) is 1. The molecular weight excluding hydrogens is 300 g/mol. The molecule has 2 heterocycles. The Morgan fingerprint density at radius 1 is 1.26 bits per heavy atom. The van der Waals surface area contributed by atoms with Crippen molar-refractivity contribution >= 4 is 17.7 Å². The van der Waals surface area contributed by atoms with Gasteiger partial charge in [0.1, 0.15) is 5.69 Å². The van der Waals surface area contributed by atoms with E-state index in [0.29, 0.717) is 26.2 Å². The van der Waals surface area contributed by atoms with E-state index in [1.807, 2.05) is 4.90 Å². The second-order valence-corrected chi connectivity index (χ2v) is 6.15. The Morgan fingerprint density at radius 3 is 2.39 bits per heavy atom. The first-order chi connectivity index (χ1) is 10.8. The van der Waals surface area contributed by atoms with E-state index in [0.717, 1.165) is 5.69 Å². The molecule has 1 aromatic rings. The van der Waals surface area contributed by atoms with Gasteiger partial charge in [0.25, 0.3) is 5.91 Å². The zero-order valence-corrected chi connectivity index (χ0v) is 13.3. The Kier molecular flexibility index (Phi) is 5.05. The maximum Gasteiger partial charge on any atom is 0.407 e. The molecular formula is C15H22N4O4. The van der Waals surface area contributed by atoms with E-state index in [4.69, 9.17) is 5.11 Å². The van der Waals surface area contributed by atoms with Crippen molar-refractivity contribution in [3.63, 3.8) is 0 Å². The molecule has 1 aromatic heterocycles. The topological polar surface area (TPSA) is 106 Å². The van der Waals surface area contributed by atoms with Crippen LogP contribution in [0.25, 0.3) is 0 Å². The fraction of sp³-hybridized carbons (Fsp3) is 0.533. The average Bonchev–Trinajstić information content (AvgIpc) is 2.52.